The van der Waals surface area contributed by atoms with Gasteiger partial charge >= 0.3 is 0 Å². The van der Waals surface area contributed by atoms with E-state index in [4.69, 9.17) is 14.0 Å². The molecule has 0 bridgehead atoms. The third-order valence-corrected chi connectivity index (χ3v) is 6.75. The average Bonchev–Trinajstić information content (AvgIpc) is 3.46. The van der Waals surface area contributed by atoms with Crippen LogP contribution in [0.2, 0.25) is 0 Å². The molecule has 152 valence electrons. The summed E-state index contributed by atoms with van der Waals surface area (Å²) in [5, 5.41) is 4.02. The van der Waals surface area contributed by atoms with E-state index in [0.717, 1.165) is 12.8 Å². The van der Waals surface area contributed by atoms with Crippen LogP contribution < -0.4 is 9.47 Å². The molecular weight excluding hydrogens is 394 g/mol. The molecule has 0 saturated carbocycles. The van der Waals surface area contributed by atoms with Gasteiger partial charge in [-0.05, 0) is 49.2 Å². The van der Waals surface area contributed by atoms with Crippen molar-refractivity contribution in [3.8, 4) is 34.3 Å². The summed E-state index contributed by atoms with van der Waals surface area (Å²) in [6.45, 7) is 1.14. The average molecular weight is 415 g/mol. The van der Waals surface area contributed by atoms with Crippen molar-refractivity contribution in [3.05, 3.63) is 42.5 Å². The third kappa shape index (κ3) is 3.83. The van der Waals surface area contributed by atoms with Gasteiger partial charge < -0.3 is 14.0 Å². The van der Waals surface area contributed by atoms with Crippen molar-refractivity contribution in [2.75, 3.05) is 27.3 Å². The van der Waals surface area contributed by atoms with E-state index in [-0.39, 0.29) is 4.90 Å². The number of ether oxygens (including phenoxy) is 2. The van der Waals surface area contributed by atoms with Crippen LogP contribution in [-0.2, 0) is 10.0 Å². The first-order valence-electron chi connectivity index (χ1n) is 9.19. The highest BCUT2D eigenvalue weighted by molar-refractivity contribution is 7.89. The molecule has 2 aromatic carbocycles. The highest BCUT2D eigenvalue weighted by Gasteiger charge is 2.27. The largest absolute Gasteiger partial charge is 0.497 e. The van der Waals surface area contributed by atoms with Crippen LogP contribution in [-0.4, -0.2) is 50.2 Å². The number of hydrogen-bond donors (Lipinski definition) is 0. The molecule has 1 fully saturated rings. The Kier molecular flexibility index (Phi) is 5.25. The Morgan fingerprint density at radius 1 is 0.931 bits per heavy atom. The summed E-state index contributed by atoms with van der Waals surface area (Å²) in [5.41, 5.74) is 1.32. The van der Waals surface area contributed by atoms with Gasteiger partial charge in [0.25, 0.3) is 5.89 Å². The molecule has 0 N–H and O–H groups in total. The molecular formula is C20H21N3O5S. The Labute approximate surface area is 169 Å². The molecule has 4 rings (SSSR count). The van der Waals surface area contributed by atoms with E-state index < -0.39 is 10.0 Å². The highest BCUT2D eigenvalue weighted by Crippen LogP contribution is 2.30. The van der Waals surface area contributed by atoms with Gasteiger partial charge in [-0.15, -0.1) is 0 Å². The molecule has 29 heavy (non-hydrogen) atoms. The SMILES string of the molecule is COc1cc(OC)cc(-c2nc(-c3ccc(S(=O)(=O)N4CCCC4)cc3)no2)c1. The zero-order valence-corrected chi connectivity index (χ0v) is 17.0. The second kappa shape index (κ2) is 7.84. The molecule has 0 atom stereocenters. The summed E-state index contributed by atoms with van der Waals surface area (Å²) < 4.78 is 42.7. The minimum Gasteiger partial charge on any atom is -0.497 e. The Bertz CT molecular complexity index is 1080. The lowest BCUT2D eigenvalue weighted by atomic mass is 10.2. The highest BCUT2D eigenvalue weighted by atomic mass is 32.2. The third-order valence-electron chi connectivity index (χ3n) is 4.84. The molecule has 0 spiro atoms. The van der Waals surface area contributed by atoms with E-state index in [0.29, 0.717) is 47.4 Å². The van der Waals surface area contributed by atoms with Crippen molar-refractivity contribution in [3.63, 3.8) is 0 Å². The summed E-state index contributed by atoms with van der Waals surface area (Å²) in [4.78, 5) is 4.69. The second-order valence-electron chi connectivity index (χ2n) is 6.66. The van der Waals surface area contributed by atoms with Gasteiger partial charge in [0.15, 0.2) is 0 Å². The standard InChI is InChI=1S/C20H21N3O5S/c1-26-16-11-15(12-17(13-16)27-2)20-21-19(22-28-20)14-5-7-18(8-6-14)29(24,25)23-9-3-4-10-23/h5-8,11-13H,3-4,9-10H2,1-2H3. The van der Waals surface area contributed by atoms with Crippen LogP contribution >= 0.6 is 0 Å². The van der Waals surface area contributed by atoms with Crippen molar-refractivity contribution in [1.82, 2.24) is 14.4 Å². The number of benzene rings is 2. The molecule has 1 aliphatic rings. The minimum atomic E-state index is -3.45. The van der Waals surface area contributed by atoms with Crippen molar-refractivity contribution in [1.29, 1.82) is 0 Å². The number of rotatable bonds is 6. The Balaban J connectivity index is 1.60. The van der Waals surface area contributed by atoms with Crippen molar-refractivity contribution < 1.29 is 22.4 Å². The molecule has 8 nitrogen and oxygen atoms in total. The first-order chi connectivity index (χ1) is 14.0. The topological polar surface area (TPSA) is 94.8 Å². The number of methoxy groups -OCH3 is 2. The molecule has 1 aliphatic heterocycles. The molecule has 0 amide bonds. The lowest BCUT2D eigenvalue weighted by Gasteiger charge is -2.15. The molecule has 1 aromatic heterocycles. The fraction of sp³-hybridized carbons (Fsp3) is 0.300. The van der Waals surface area contributed by atoms with E-state index in [1.807, 2.05) is 0 Å². The Morgan fingerprint density at radius 3 is 2.14 bits per heavy atom. The zero-order valence-electron chi connectivity index (χ0n) is 16.2. The lowest BCUT2D eigenvalue weighted by Crippen LogP contribution is -2.27. The van der Waals surface area contributed by atoms with Gasteiger partial charge in [0.05, 0.1) is 19.1 Å². The van der Waals surface area contributed by atoms with Crippen LogP contribution in [0.3, 0.4) is 0 Å². The van der Waals surface area contributed by atoms with Crippen LogP contribution in [0.1, 0.15) is 12.8 Å². The van der Waals surface area contributed by atoms with E-state index in [9.17, 15) is 8.42 Å². The second-order valence-corrected chi connectivity index (χ2v) is 8.60. The summed E-state index contributed by atoms with van der Waals surface area (Å²) in [6, 6.07) is 11.8. The normalized spacial score (nSPS) is 14.8. The lowest BCUT2D eigenvalue weighted by molar-refractivity contribution is 0.393. The van der Waals surface area contributed by atoms with Crippen LogP contribution in [0.4, 0.5) is 0 Å². The maximum absolute atomic E-state index is 12.6. The summed E-state index contributed by atoms with van der Waals surface area (Å²) in [5.74, 6) is 1.89. The summed E-state index contributed by atoms with van der Waals surface area (Å²) in [6.07, 6.45) is 1.80. The predicted molar refractivity (Wildman–Crippen MR) is 106 cm³/mol. The number of aromatic nitrogens is 2. The van der Waals surface area contributed by atoms with E-state index in [2.05, 4.69) is 10.1 Å². The van der Waals surface area contributed by atoms with Crippen molar-refractivity contribution in [2.45, 2.75) is 17.7 Å². The number of sulfonamides is 1. The maximum Gasteiger partial charge on any atom is 0.258 e. The van der Waals surface area contributed by atoms with Crippen molar-refractivity contribution >= 4 is 10.0 Å². The Morgan fingerprint density at radius 2 is 1.55 bits per heavy atom. The molecule has 1 saturated heterocycles. The predicted octanol–water partition coefficient (Wildman–Crippen LogP) is 3.21. The molecule has 3 aromatic rings. The minimum absolute atomic E-state index is 0.268. The van der Waals surface area contributed by atoms with Gasteiger partial charge in [0.1, 0.15) is 11.5 Å². The van der Waals surface area contributed by atoms with Crippen LogP contribution in [0.25, 0.3) is 22.8 Å². The molecule has 0 unspecified atom stereocenters. The first-order valence-corrected chi connectivity index (χ1v) is 10.6. The van der Waals surface area contributed by atoms with E-state index in [1.54, 1.807) is 56.7 Å². The smallest absolute Gasteiger partial charge is 0.258 e. The van der Waals surface area contributed by atoms with Gasteiger partial charge in [-0.3, -0.25) is 0 Å². The fourth-order valence-electron chi connectivity index (χ4n) is 3.24. The van der Waals surface area contributed by atoms with Crippen LogP contribution in [0, 0.1) is 0 Å². The van der Waals surface area contributed by atoms with Gasteiger partial charge in [-0.25, -0.2) is 8.42 Å². The molecule has 0 aliphatic carbocycles. The quantitative estimate of drug-likeness (QED) is 0.610. The summed E-state index contributed by atoms with van der Waals surface area (Å²) >= 11 is 0. The van der Waals surface area contributed by atoms with Crippen LogP contribution in [0.5, 0.6) is 11.5 Å². The van der Waals surface area contributed by atoms with Gasteiger partial charge in [-0.2, -0.15) is 9.29 Å². The first kappa shape index (κ1) is 19.4. The van der Waals surface area contributed by atoms with E-state index >= 15 is 0 Å². The van der Waals surface area contributed by atoms with E-state index in [1.165, 1.54) is 4.31 Å². The van der Waals surface area contributed by atoms with Gasteiger partial charge in [0, 0.05) is 30.3 Å². The zero-order chi connectivity index (χ0) is 20.4. The summed E-state index contributed by atoms with van der Waals surface area (Å²) in [7, 11) is -0.319. The molecule has 2 heterocycles. The Hall–Kier alpha value is -2.91. The monoisotopic (exact) mass is 415 g/mol. The molecule has 9 heteroatoms. The maximum atomic E-state index is 12.6. The fourth-order valence-corrected chi connectivity index (χ4v) is 4.76. The van der Waals surface area contributed by atoms with Crippen molar-refractivity contribution in [2.24, 2.45) is 0 Å². The van der Waals surface area contributed by atoms with Gasteiger partial charge in [-0.1, -0.05) is 5.16 Å². The van der Waals surface area contributed by atoms with Gasteiger partial charge in [0.2, 0.25) is 15.8 Å². The molecule has 0 radical (unpaired) electrons. The number of hydrogen-bond acceptors (Lipinski definition) is 7. The number of nitrogens with zero attached hydrogens (tertiary/aromatic N) is 3. The van der Waals surface area contributed by atoms with Crippen LogP contribution in [0.15, 0.2) is 51.9 Å².